The molecule has 3 atom stereocenters. The Kier molecular flexibility index (Phi) is 3.75. The first-order valence-electron chi connectivity index (χ1n) is 5.43. The van der Waals surface area contributed by atoms with Crippen molar-refractivity contribution >= 4 is 0 Å². The average molecular weight is 201 g/mol. The first kappa shape index (κ1) is 10.4. The van der Waals surface area contributed by atoms with Crippen LogP contribution in [0.1, 0.15) is 12.8 Å². The van der Waals surface area contributed by atoms with E-state index in [-0.39, 0.29) is 12.1 Å². The molecule has 0 aromatic carbocycles. The smallest absolute Gasteiger partial charge is 0.0948 e. The highest BCUT2D eigenvalue weighted by atomic mass is 16.5. The van der Waals surface area contributed by atoms with Gasteiger partial charge >= 0.3 is 0 Å². The van der Waals surface area contributed by atoms with Crippen LogP contribution in [0.3, 0.4) is 0 Å². The molecule has 2 heterocycles. The lowest BCUT2D eigenvalue weighted by Crippen LogP contribution is -2.42. The summed E-state index contributed by atoms with van der Waals surface area (Å²) in [6.07, 6.45) is 2.06. The molecule has 0 radical (unpaired) electrons. The Morgan fingerprint density at radius 1 is 1.21 bits per heavy atom. The minimum atomic E-state index is -0.334. The number of nitrogens with one attached hydrogen (secondary N) is 1. The van der Waals surface area contributed by atoms with Gasteiger partial charge in [0.25, 0.3) is 0 Å². The van der Waals surface area contributed by atoms with E-state index >= 15 is 0 Å². The Hall–Kier alpha value is -0.160. The van der Waals surface area contributed by atoms with E-state index in [0.717, 1.165) is 26.2 Å². The van der Waals surface area contributed by atoms with E-state index in [1.807, 2.05) is 0 Å². The predicted octanol–water partition coefficient (Wildman–Crippen LogP) is -0.238. The average Bonchev–Trinajstić information content (AvgIpc) is 2.63. The summed E-state index contributed by atoms with van der Waals surface area (Å²) in [6, 6.07) is 0.122. The molecule has 2 aliphatic heterocycles. The second kappa shape index (κ2) is 5.07. The Labute approximate surface area is 84.6 Å². The molecule has 2 rings (SSSR count). The molecule has 0 spiro atoms. The first-order valence-corrected chi connectivity index (χ1v) is 5.43. The zero-order valence-corrected chi connectivity index (χ0v) is 8.45. The molecule has 0 aliphatic carbocycles. The highest BCUT2D eigenvalue weighted by Gasteiger charge is 2.26. The molecule has 82 valence electrons. The van der Waals surface area contributed by atoms with Crippen molar-refractivity contribution in [2.75, 3.05) is 33.0 Å². The van der Waals surface area contributed by atoms with Gasteiger partial charge in [0.2, 0.25) is 0 Å². The summed E-state index contributed by atoms with van der Waals surface area (Å²) in [5, 5.41) is 12.8. The van der Waals surface area contributed by atoms with E-state index in [1.165, 1.54) is 6.42 Å². The number of rotatable bonds is 3. The molecular formula is C10H19NO3. The van der Waals surface area contributed by atoms with Gasteiger partial charge in [-0.1, -0.05) is 0 Å². The zero-order chi connectivity index (χ0) is 9.80. The number of aliphatic hydroxyl groups excluding tert-OH is 1. The number of hydrogen-bond donors (Lipinski definition) is 2. The molecule has 14 heavy (non-hydrogen) atoms. The van der Waals surface area contributed by atoms with Gasteiger partial charge in [0.05, 0.1) is 32.0 Å². The second-order valence-corrected chi connectivity index (χ2v) is 4.20. The monoisotopic (exact) mass is 201 g/mol. The van der Waals surface area contributed by atoms with Crippen molar-refractivity contribution in [1.82, 2.24) is 5.32 Å². The molecule has 2 fully saturated rings. The van der Waals surface area contributed by atoms with E-state index in [4.69, 9.17) is 9.47 Å². The summed E-state index contributed by atoms with van der Waals surface area (Å²) in [5.41, 5.74) is 0. The van der Waals surface area contributed by atoms with Gasteiger partial charge < -0.3 is 19.9 Å². The Morgan fingerprint density at radius 2 is 2.14 bits per heavy atom. The highest BCUT2D eigenvalue weighted by molar-refractivity contribution is 4.81. The van der Waals surface area contributed by atoms with Crippen LogP contribution in [0.2, 0.25) is 0 Å². The maximum absolute atomic E-state index is 9.50. The largest absolute Gasteiger partial charge is 0.389 e. The van der Waals surface area contributed by atoms with Gasteiger partial charge in [-0.25, -0.2) is 0 Å². The standard InChI is InChI=1S/C10H19NO3/c12-10-7-14-6-9(10)11-4-8-2-1-3-13-5-8/h8-12H,1-7H2. The van der Waals surface area contributed by atoms with Crippen LogP contribution in [-0.4, -0.2) is 50.2 Å². The summed E-state index contributed by atoms with van der Waals surface area (Å²) >= 11 is 0. The van der Waals surface area contributed by atoms with Crippen LogP contribution in [0.25, 0.3) is 0 Å². The van der Waals surface area contributed by atoms with Crippen LogP contribution in [0, 0.1) is 5.92 Å². The van der Waals surface area contributed by atoms with Crippen LogP contribution in [0.5, 0.6) is 0 Å². The van der Waals surface area contributed by atoms with E-state index in [0.29, 0.717) is 19.1 Å². The van der Waals surface area contributed by atoms with Crippen molar-refractivity contribution in [2.45, 2.75) is 25.0 Å². The zero-order valence-electron chi connectivity index (χ0n) is 8.45. The van der Waals surface area contributed by atoms with Crippen LogP contribution < -0.4 is 5.32 Å². The molecule has 0 aromatic rings. The highest BCUT2D eigenvalue weighted by Crippen LogP contribution is 2.13. The Balaban J connectivity index is 1.65. The summed E-state index contributed by atoms with van der Waals surface area (Å²) < 4.78 is 10.6. The molecule has 4 heteroatoms. The second-order valence-electron chi connectivity index (χ2n) is 4.20. The van der Waals surface area contributed by atoms with E-state index in [2.05, 4.69) is 5.32 Å². The van der Waals surface area contributed by atoms with Crippen molar-refractivity contribution in [2.24, 2.45) is 5.92 Å². The molecule has 0 saturated carbocycles. The first-order chi connectivity index (χ1) is 6.86. The summed E-state index contributed by atoms with van der Waals surface area (Å²) in [7, 11) is 0. The van der Waals surface area contributed by atoms with Crippen LogP contribution >= 0.6 is 0 Å². The fourth-order valence-corrected chi connectivity index (χ4v) is 2.02. The molecule has 2 saturated heterocycles. The number of ether oxygens (including phenoxy) is 2. The molecule has 3 unspecified atom stereocenters. The third kappa shape index (κ3) is 2.67. The molecule has 4 nitrogen and oxygen atoms in total. The Bertz CT molecular complexity index is 171. The minimum absolute atomic E-state index is 0.122. The molecule has 0 amide bonds. The SMILES string of the molecule is OC1COCC1NCC1CCCOC1. The van der Waals surface area contributed by atoms with Gasteiger partial charge in [-0.05, 0) is 18.8 Å². The third-order valence-electron chi connectivity index (χ3n) is 2.97. The van der Waals surface area contributed by atoms with Crippen LogP contribution in [0.4, 0.5) is 0 Å². The lowest BCUT2D eigenvalue weighted by Gasteiger charge is -2.24. The summed E-state index contributed by atoms with van der Waals surface area (Å²) in [5.74, 6) is 0.608. The molecular weight excluding hydrogens is 182 g/mol. The lowest BCUT2D eigenvalue weighted by molar-refractivity contribution is 0.0516. The topological polar surface area (TPSA) is 50.7 Å². The quantitative estimate of drug-likeness (QED) is 0.662. The summed E-state index contributed by atoms with van der Waals surface area (Å²) in [4.78, 5) is 0. The summed E-state index contributed by atoms with van der Waals surface area (Å²) in [6.45, 7) is 3.81. The lowest BCUT2D eigenvalue weighted by atomic mass is 10.0. The van der Waals surface area contributed by atoms with Crippen molar-refractivity contribution in [3.05, 3.63) is 0 Å². The van der Waals surface area contributed by atoms with E-state index < -0.39 is 0 Å². The third-order valence-corrected chi connectivity index (χ3v) is 2.97. The van der Waals surface area contributed by atoms with E-state index in [9.17, 15) is 5.11 Å². The Morgan fingerprint density at radius 3 is 2.79 bits per heavy atom. The molecule has 0 aromatic heterocycles. The van der Waals surface area contributed by atoms with Gasteiger partial charge in [-0.15, -0.1) is 0 Å². The van der Waals surface area contributed by atoms with Gasteiger partial charge in [-0.2, -0.15) is 0 Å². The molecule has 2 N–H and O–H groups in total. The van der Waals surface area contributed by atoms with E-state index in [1.54, 1.807) is 0 Å². The number of aliphatic hydroxyl groups is 1. The van der Waals surface area contributed by atoms with Gasteiger partial charge in [-0.3, -0.25) is 0 Å². The number of hydrogen-bond acceptors (Lipinski definition) is 4. The van der Waals surface area contributed by atoms with Gasteiger partial charge in [0.1, 0.15) is 0 Å². The predicted molar refractivity (Wildman–Crippen MR) is 52.2 cm³/mol. The molecule has 2 aliphatic rings. The van der Waals surface area contributed by atoms with Crippen molar-refractivity contribution in [1.29, 1.82) is 0 Å². The minimum Gasteiger partial charge on any atom is -0.389 e. The normalized spacial score (nSPS) is 38.8. The van der Waals surface area contributed by atoms with Crippen molar-refractivity contribution in [3.63, 3.8) is 0 Å². The fraction of sp³-hybridized carbons (Fsp3) is 1.00. The fourth-order valence-electron chi connectivity index (χ4n) is 2.02. The molecule has 0 bridgehead atoms. The van der Waals surface area contributed by atoms with Crippen molar-refractivity contribution < 1.29 is 14.6 Å². The van der Waals surface area contributed by atoms with Gasteiger partial charge in [0.15, 0.2) is 0 Å². The maximum atomic E-state index is 9.50. The van der Waals surface area contributed by atoms with Crippen molar-refractivity contribution in [3.8, 4) is 0 Å². The van der Waals surface area contributed by atoms with Crippen LogP contribution in [0.15, 0.2) is 0 Å². The maximum Gasteiger partial charge on any atom is 0.0948 e. The van der Waals surface area contributed by atoms with Crippen LogP contribution in [-0.2, 0) is 9.47 Å². The van der Waals surface area contributed by atoms with Gasteiger partial charge in [0, 0.05) is 13.2 Å².